The number of alkyl halides is 4. The number of rotatable bonds is 1. The van der Waals surface area contributed by atoms with Gasteiger partial charge in [0.05, 0.1) is 5.69 Å². The molecule has 0 bridgehead atoms. The highest BCUT2D eigenvalue weighted by Gasteiger charge is 2.63. The van der Waals surface area contributed by atoms with Crippen molar-refractivity contribution in [1.82, 2.24) is 0 Å². The van der Waals surface area contributed by atoms with E-state index in [9.17, 15) is 18.0 Å². The van der Waals surface area contributed by atoms with Crippen LogP contribution in [-0.2, 0) is 4.79 Å². The summed E-state index contributed by atoms with van der Waals surface area (Å²) in [6, 6.07) is 3.26. The van der Waals surface area contributed by atoms with Gasteiger partial charge in [0.25, 0.3) is 0 Å². The van der Waals surface area contributed by atoms with Crippen LogP contribution in [-0.4, -0.2) is 17.5 Å². The van der Waals surface area contributed by atoms with Crippen molar-refractivity contribution in [3.8, 4) is 11.5 Å². The molecule has 1 heterocycles. The predicted molar refractivity (Wildman–Crippen MR) is 50.1 cm³/mol. The molecule has 1 aliphatic heterocycles. The number of fused-ring (bicyclic) bond motifs is 1. The molecule has 0 radical (unpaired) electrons. The second-order valence-corrected chi connectivity index (χ2v) is 3.56. The van der Waals surface area contributed by atoms with Gasteiger partial charge in [-0.15, -0.1) is 0 Å². The Labute approximate surface area is 97.6 Å². The third kappa shape index (κ3) is 1.94. The maximum atomic E-state index is 13.2. The van der Waals surface area contributed by atoms with E-state index in [-0.39, 0.29) is 11.4 Å². The molecule has 1 unspecified atom stereocenters. The fourth-order valence-corrected chi connectivity index (χ4v) is 1.30. The number of isocyanates is 1. The van der Waals surface area contributed by atoms with Crippen LogP contribution >= 0.6 is 11.6 Å². The van der Waals surface area contributed by atoms with Crippen molar-refractivity contribution in [3.05, 3.63) is 18.2 Å². The quantitative estimate of drug-likeness (QED) is 0.446. The van der Waals surface area contributed by atoms with Crippen molar-refractivity contribution in [2.24, 2.45) is 4.99 Å². The third-order valence-corrected chi connectivity index (χ3v) is 2.21. The number of ether oxygens (including phenoxy) is 2. The number of hydrogen-bond acceptors (Lipinski definition) is 4. The molecule has 0 saturated carbocycles. The Hall–Kier alpha value is -1.72. The van der Waals surface area contributed by atoms with Gasteiger partial charge in [-0.2, -0.15) is 18.2 Å². The molecule has 1 atom stereocenters. The Kier molecular flexibility index (Phi) is 2.52. The highest BCUT2D eigenvalue weighted by atomic mass is 35.5. The van der Waals surface area contributed by atoms with Crippen LogP contribution in [0.25, 0.3) is 0 Å². The summed E-state index contributed by atoms with van der Waals surface area (Å²) < 4.78 is 47.5. The lowest BCUT2D eigenvalue weighted by atomic mass is 10.2. The largest absolute Gasteiger partial charge is 0.488 e. The monoisotopic (exact) mass is 265 g/mol. The summed E-state index contributed by atoms with van der Waals surface area (Å²) in [5.74, 6) is -0.793. The SMILES string of the molecule is O=C=Nc1ccc2c(c1)OC(F)(Cl)C(F)(F)O2. The van der Waals surface area contributed by atoms with Crippen LogP contribution in [0.4, 0.5) is 18.9 Å². The minimum absolute atomic E-state index is 0.0417. The summed E-state index contributed by atoms with van der Waals surface area (Å²) in [5, 5.41) is -3.82. The van der Waals surface area contributed by atoms with Crippen LogP contribution < -0.4 is 9.47 Å². The van der Waals surface area contributed by atoms with E-state index >= 15 is 0 Å². The Balaban J connectivity index is 2.46. The van der Waals surface area contributed by atoms with Crippen LogP contribution in [0.3, 0.4) is 0 Å². The molecule has 2 rings (SSSR count). The first-order valence-electron chi connectivity index (χ1n) is 4.21. The number of benzene rings is 1. The van der Waals surface area contributed by atoms with Gasteiger partial charge in [-0.25, -0.2) is 4.79 Å². The van der Waals surface area contributed by atoms with Crippen molar-refractivity contribution in [1.29, 1.82) is 0 Å². The summed E-state index contributed by atoms with van der Waals surface area (Å²) in [7, 11) is 0. The lowest BCUT2D eigenvalue weighted by Gasteiger charge is -2.33. The minimum atomic E-state index is -4.32. The smallest absolute Gasteiger partial charge is 0.434 e. The van der Waals surface area contributed by atoms with Crippen LogP contribution in [0.5, 0.6) is 11.5 Å². The van der Waals surface area contributed by atoms with Crippen LogP contribution in [0.15, 0.2) is 23.2 Å². The molecule has 0 N–H and O–H groups in total. The molecule has 0 aromatic heterocycles. The van der Waals surface area contributed by atoms with Gasteiger partial charge in [-0.3, -0.25) is 0 Å². The lowest BCUT2D eigenvalue weighted by Crippen LogP contribution is -2.51. The standard InChI is InChI=1S/C9H3ClF3NO3/c10-8(11)9(12,13)17-6-2-1-5(14-4-15)3-7(6)16-8/h1-3H. The van der Waals surface area contributed by atoms with Crippen molar-refractivity contribution in [2.45, 2.75) is 11.4 Å². The number of aliphatic imine (C=N–C) groups is 1. The Morgan fingerprint density at radius 2 is 1.94 bits per heavy atom. The Morgan fingerprint density at radius 3 is 2.59 bits per heavy atom. The van der Waals surface area contributed by atoms with Crippen LogP contribution in [0.1, 0.15) is 0 Å². The highest BCUT2D eigenvalue weighted by Crippen LogP contribution is 2.48. The maximum Gasteiger partial charge on any atom is 0.488 e. The van der Waals surface area contributed by atoms with Crippen molar-refractivity contribution >= 4 is 23.4 Å². The lowest BCUT2D eigenvalue weighted by molar-refractivity contribution is -0.303. The van der Waals surface area contributed by atoms with Crippen LogP contribution in [0.2, 0.25) is 0 Å². The molecule has 4 nitrogen and oxygen atoms in total. The predicted octanol–water partition coefficient (Wildman–Crippen LogP) is 2.88. The molecular formula is C9H3ClF3NO3. The summed E-state index contributed by atoms with van der Waals surface area (Å²) in [6.07, 6.45) is -3.09. The first kappa shape index (κ1) is 11.8. The molecule has 0 amide bonds. The minimum Gasteiger partial charge on any atom is -0.434 e. The molecule has 0 saturated heterocycles. The summed E-state index contributed by atoms with van der Waals surface area (Å²) in [4.78, 5) is 13.2. The molecule has 0 fully saturated rings. The van der Waals surface area contributed by atoms with Gasteiger partial charge in [0.1, 0.15) is 0 Å². The van der Waals surface area contributed by atoms with Gasteiger partial charge in [0, 0.05) is 6.07 Å². The second-order valence-electron chi connectivity index (χ2n) is 3.07. The number of nitrogens with zero attached hydrogens (tertiary/aromatic N) is 1. The molecule has 0 spiro atoms. The van der Waals surface area contributed by atoms with Crippen molar-refractivity contribution < 1.29 is 27.4 Å². The highest BCUT2D eigenvalue weighted by molar-refractivity contribution is 6.22. The van der Waals surface area contributed by atoms with E-state index < -0.39 is 17.2 Å². The maximum absolute atomic E-state index is 13.2. The fourth-order valence-electron chi connectivity index (χ4n) is 1.18. The first-order valence-corrected chi connectivity index (χ1v) is 4.59. The van der Waals surface area contributed by atoms with E-state index in [4.69, 9.17) is 11.6 Å². The number of halogens is 4. The molecule has 1 aromatic carbocycles. The van der Waals surface area contributed by atoms with Crippen molar-refractivity contribution in [2.75, 3.05) is 0 Å². The third-order valence-electron chi connectivity index (χ3n) is 1.92. The summed E-state index contributed by atoms with van der Waals surface area (Å²) >= 11 is 4.85. The zero-order valence-electron chi connectivity index (χ0n) is 7.92. The number of hydrogen-bond donors (Lipinski definition) is 0. The summed E-state index contributed by atoms with van der Waals surface area (Å²) in [6.45, 7) is 0. The van der Waals surface area contributed by atoms with E-state index in [2.05, 4.69) is 14.5 Å². The van der Waals surface area contributed by atoms with E-state index in [1.54, 1.807) is 0 Å². The topological polar surface area (TPSA) is 47.9 Å². The van der Waals surface area contributed by atoms with E-state index in [1.807, 2.05) is 0 Å². The molecule has 1 aliphatic rings. The average Bonchev–Trinajstić information content (AvgIpc) is 2.20. The summed E-state index contributed by atoms with van der Waals surface area (Å²) in [5.41, 5.74) is 0.0417. The molecule has 8 heteroatoms. The van der Waals surface area contributed by atoms with E-state index in [1.165, 1.54) is 12.1 Å². The van der Waals surface area contributed by atoms with Crippen LogP contribution in [0, 0.1) is 0 Å². The first-order chi connectivity index (χ1) is 7.86. The molecule has 0 aliphatic carbocycles. The van der Waals surface area contributed by atoms with Gasteiger partial charge in [0.2, 0.25) is 6.08 Å². The van der Waals surface area contributed by atoms with Gasteiger partial charge in [-0.05, 0) is 23.7 Å². The van der Waals surface area contributed by atoms with Gasteiger partial charge < -0.3 is 9.47 Å². The van der Waals surface area contributed by atoms with Gasteiger partial charge >= 0.3 is 11.4 Å². The van der Waals surface area contributed by atoms with Crippen molar-refractivity contribution in [3.63, 3.8) is 0 Å². The second kappa shape index (κ2) is 3.65. The zero-order valence-corrected chi connectivity index (χ0v) is 8.67. The average molecular weight is 266 g/mol. The normalized spacial score (nSPS) is 24.9. The molecule has 17 heavy (non-hydrogen) atoms. The van der Waals surface area contributed by atoms with Gasteiger partial charge in [-0.1, -0.05) is 0 Å². The molecular weight excluding hydrogens is 263 g/mol. The van der Waals surface area contributed by atoms with Gasteiger partial charge in [0.15, 0.2) is 11.5 Å². The number of carbonyl (C=O) groups excluding carboxylic acids is 1. The Morgan fingerprint density at radius 1 is 1.24 bits per heavy atom. The molecule has 1 aromatic rings. The van der Waals surface area contributed by atoms with E-state index in [0.29, 0.717) is 0 Å². The zero-order chi connectivity index (χ0) is 12.7. The van der Waals surface area contributed by atoms with E-state index in [0.717, 1.165) is 12.1 Å². The molecule has 90 valence electrons. The Bertz CT molecular complexity index is 514. The fraction of sp³-hybridized carbons (Fsp3) is 0.222.